The lowest BCUT2D eigenvalue weighted by molar-refractivity contribution is 0.101. The van der Waals surface area contributed by atoms with Gasteiger partial charge < -0.3 is 4.90 Å². The molecule has 1 aromatic rings. The Morgan fingerprint density at radius 1 is 1.50 bits per heavy atom. The molecule has 0 aliphatic carbocycles. The second-order valence-corrected chi connectivity index (χ2v) is 3.88. The molecule has 0 spiro atoms. The van der Waals surface area contributed by atoms with Gasteiger partial charge in [-0.25, -0.2) is 0 Å². The Kier molecular flexibility index (Phi) is 2.33. The third kappa shape index (κ3) is 1.68. The third-order valence-corrected chi connectivity index (χ3v) is 2.65. The Morgan fingerprint density at radius 2 is 2.29 bits per heavy atom. The summed E-state index contributed by atoms with van der Waals surface area (Å²) < 4.78 is 0. The molecule has 0 saturated heterocycles. The van der Waals surface area contributed by atoms with Crippen molar-refractivity contribution in [1.29, 1.82) is 0 Å². The fourth-order valence-corrected chi connectivity index (χ4v) is 1.77. The van der Waals surface area contributed by atoms with Crippen molar-refractivity contribution in [3.05, 3.63) is 29.1 Å². The second kappa shape index (κ2) is 3.50. The van der Waals surface area contributed by atoms with Crippen molar-refractivity contribution in [2.45, 2.75) is 19.9 Å². The standard InChI is InChI=1S/C11H14N2O/c1-8(14)11-5-10-7-13(2)4-3-9(10)6-12-11/h5-6H,3-4,7H2,1-2H3. The summed E-state index contributed by atoms with van der Waals surface area (Å²) in [4.78, 5) is 17.5. The molecular formula is C11H14N2O. The predicted molar refractivity (Wildman–Crippen MR) is 54.3 cm³/mol. The summed E-state index contributed by atoms with van der Waals surface area (Å²) in [5.41, 5.74) is 3.12. The predicted octanol–water partition coefficient (Wildman–Crippen LogP) is 1.27. The highest BCUT2D eigenvalue weighted by molar-refractivity contribution is 5.92. The monoisotopic (exact) mass is 190 g/mol. The van der Waals surface area contributed by atoms with E-state index in [-0.39, 0.29) is 5.78 Å². The van der Waals surface area contributed by atoms with Crippen LogP contribution in [0.2, 0.25) is 0 Å². The normalized spacial score (nSPS) is 16.4. The summed E-state index contributed by atoms with van der Waals surface area (Å²) in [6.07, 6.45) is 2.89. The van der Waals surface area contributed by atoms with Crippen molar-refractivity contribution >= 4 is 5.78 Å². The van der Waals surface area contributed by atoms with Crippen LogP contribution in [0.1, 0.15) is 28.5 Å². The minimum Gasteiger partial charge on any atom is -0.302 e. The van der Waals surface area contributed by atoms with Crippen LogP contribution < -0.4 is 0 Å². The Bertz CT molecular complexity index is 374. The van der Waals surface area contributed by atoms with Gasteiger partial charge in [0.05, 0.1) is 0 Å². The quantitative estimate of drug-likeness (QED) is 0.625. The van der Waals surface area contributed by atoms with Crippen molar-refractivity contribution in [2.24, 2.45) is 0 Å². The molecule has 0 amide bonds. The number of aromatic nitrogens is 1. The smallest absolute Gasteiger partial charge is 0.178 e. The first-order chi connectivity index (χ1) is 6.66. The van der Waals surface area contributed by atoms with Crippen LogP contribution in [-0.4, -0.2) is 29.3 Å². The maximum atomic E-state index is 11.1. The molecule has 2 rings (SSSR count). The largest absolute Gasteiger partial charge is 0.302 e. The van der Waals surface area contributed by atoms with E-state index in [9.17, 15) is 4.79 Å². The number of nitrogens with zero attached hydrogens (tertiary/aromatic N) is 2. The molecule has 2 heterocycles. The molecule has 1 aliphatic rings. The zero-order valence-corrected chi connectivity index (χ0v) is 8.58. The maximum Gasteiger partial charge on any atom is 0.178 e. The lowest BCUT2D eigenvalue weighted by Gasteiger charge is -2.24. The van der Waals surface area contributed by atoms with E-state index in [1.54, 1.807) is 6.92 Å². The molecule has 74 valence electrons. The number of pyridine rings is 1. The van der Waals surface area contributed by atoms with Crippen LogP contribution in [0.15, 0.2) is 12.3 Å². The van der Waals surface area contributed by atoms with E-state index in [2.05, 4.69) is 16.9 Å². The molecule has 3 nitrogen and oxygen atoms in total. The van der Waals surface area contributed by atoms with Crippen molar-refractivity contribution in [2.75, 3.05) is 13.6 Å². The molecule has 0 unspecified atom stereocenters. The fourth-order valence-electron chi connectivity index (χ4n) is 1.77. The van der Waals surface area contributed by atoms with Crippen molar-refractivity contribution in [1.82, 2.24) is 9.88 Å². The Balaban J connectivity index is 2.37. The highest BCUT2D eigenvalue weighted by Crippen LogP contribution is 2.17. The number of likely N-dealkylation sites (N-methyl/N-ethyl adjacent to an activating group) is 1. The highest BCUT2D eigenvalue weighted by Gasteiger charge is 2.14. The van der Waals surface area contributed by atoms with Crippen LogP contribution in [0.25, 0.3) is 0 Å². The zero-order chi connectivity index (χ0) is 10.1. The van der Waals surface area contributed by atoms with Crippen LogP contribution in [0.3, 0.4) is 0 Å². The van der Waals surface area contributed by atoms with Crippen molar-refractivity contribution < 1.29 is 4.79 Å². The summed E-state index contributed by atoms with van der Waals surface area (Å²) in [5.74, 6) is 0.0426. The molecule has 0 fully saturated rings. The molecule has 0 N–H and O–H groups in total. The first-order valence-electron chi connectivity index (χ1n) is 4.84. The lowest BCUT2D eigenvalue weighted by atomic mass is 10.0. The highest BCUT2D eigenvalue weighted by atomic mass is 16.1. The van der Waals surface area contributed by atoms with Crippen molar-refractivity contribution in [3.63, 3.8) is 0 Å². The Morgan fingerprint density at radius 3 is 3.00 bits per heavy atom. The van der Waals surface area contributed by atoms with Gasteiger partial charge in [-0.2, -0.15) is 0 Å². The van der Waals surface area contributed by atoms with E-state index < -0.39 is 0 Å². The number of fused-ring (bicyclic) bond motifs is 1. The van der Waals surface area contributed by atoms with E-state index in [4.69, 9.17) is 0 Å². The molecule has 1 aromatic heterocycles. The summed E-state index contributed by atoms with van der Waals surface area (Å²) in [6.45, 7) is 3.56. The number of hydrogen-bond acceptors (Lipinski definition) is 3. The number of hydrogen-bond donors (Lipinski definition) is 0. The van der Waals surface area contributed by atoms with E-state index >= 15 is 0 Å². The fraction of sp³-hybridized carbons (Fsp3) is 0.455. The molecular weight excluding hydrogens is 176 g/mol. The lowest BCUT2D eigenvalue weighted by Crippen LogP contribution is -2.27. The molecule has 0 saturated carbocycles. The van der Waals surface area contributed by atoms with Crippen LogP contribution in [0, 0.1) is 0 Å². The number of carbonyl (C=O) groups excluding carboxylic acids is 1. The van der Waals surface area contributed by atoms with Gasteiger partial charge in [-0.3, -0.25) is 9.78 Å². The molecule has 0 aromatic carbocycles. The van der Waals surface area contributed by atoms with Gasteiger partial charge in [0.15, 0.2) is 5.78 Å². The summed E-state index contributed by atoms with van der Waals surface area (Å²) in [5, 5.41) is 0. The van der Waals surface area contributed by atoms with Crippen molar-refractivity contribution in [3.8, 4) is 0 Å². The molecule has 3 heteroatoms. The summed E-state index contributed by atoms with van der Waals surface area (Å²) in [6, 6.07) is 1.92. The number of rotatable bonds is 1. The molecule has 14 heavy (non-hydrogen) atoms. The van der Waals surface area contributed by atoms with Crippen LogP contribution in [0.4, 0.5) is 0 Å². The maximum absolute atomic E-state index is 11.1. The van der Waals surface area contributed by atoms with Gasteiger partial charge in [0, 0.05) is 26.2 Å². The average molecular weight is 190 g/mol. The second-order valence-electron chi connectivity index (χ2n) is 3.88. The number of Topliss-reactive ketones (excluding diaryl/α,β-unsaturated/α-hetero) is 1. The Hall–Kier alpha value is -1.22. The van der Waals surface area contributed by atoms with Crippen LogP contribution in [-0.2, 0) is 13.0 Å². The minimum atomic E-state index is 0.0426. The van der Waals surface area contributed by atoms with Gasteiger partial charge >= 0.3 is 0 Å². The minimum absolute atomic E-state index is 0.0426. The molecule has 0 atom stereocenters. The third-order valence-electron chi connectivity index (χ3n) is 2.65. The van der Waals surface area contributed by atoms with Gasteiger partial charge in [-0.1, -0.05) is 0 Å². The van der Waals surface area contributed by atoms with Gasteiger partial charge in [0.25, 0.3) is 0 Å². The number of carbonyl (C=O) groups is 1. The topological polar surface area (TPSA) is 33.2 Å². The summed E-state index contributed by atoms with van der Waals surface area (Å²) >= 11 is 0. The van der Waals surface area contributed by atoms with Gasteiger partial charge in [0.2, 0.25) is 0 Å². The molecule has 1 aliphatic heterocycles. The van der Waals surface area contributed by atoms with Gasteiger partial charge in [-0.15, -0.1) is 0 Å². The van der Waals surface area contributed by atoms with Crippen LogP contribution in [0.5, 0.6) is 0 Å². The average Bonchev–Trinajstić information content (AvgIpc) is 2.16. The van der Waals surface area contributed by atoms with Crippen LogP contribution >= 0.6 is 0 Å². The van der Waals surface area contributed by atoms with Gasteiger partial charge in [-0.05, 0) is 30.7 Å². The van der Waals surface area contributed by atoms with E-state index in [1.165, 1.54) is 11.1 Å². The van der Waals surface area contributed by atoms with E-state index in [0.29, 0.717) is 5.69 Å². The van der Waals surface area contributed by atoms with Gasteiger partial charge in [0.1, 0.15) is 5.69 Å². The number of ketones is 1. The molecule has 0 bridgehead atoms. The first kappa shape index (κ1) is 9.34. The zero-order valence-electron chi connectivity index (χ0n) is 8.58. The summed E-state index contributed by atoms with van der Waals surface area (Å²) in [7, 11) is 2.09. The van der Waals surface area contributed by atoms with E-state index in [1.807, 2.05) is 12.3 Å². The molecule has 0 radical (unpaired) electrons. The first-order valence-corrected chi connectivity index (χ1v) is 4.84. The van der Waals surface area contributed by atoms with E-state index in [0.717, 1.165) is 19.5 Å². The Labute approximate surface area is 83.8 Å². The SMILES string of the molecule is CC(=O)c1cc2c(cn1)CCN(C)C2.